The van der Waals surface area contributed by atoms with Gasteiger partial charge in [0, 0.05) is 6.20 Å². The number of hydrogen-bond acceptors (Lipinski definition) is 5. The third-order valence-corrected chi connectivity index (χ3v) is 6.62. The second-order valence-corrected chi connectivity index (χ2v) is 8.21. The van der Waals surface area contributed by atoms with Crippen molar-refractivity contribution >= 4 is 51.7 Å². The number of amides is 2. The lowest BCUT2D eigenvalue weighted by molar-refractivity contribution is -0.424. The summed E-state index contributed by atoms with van der Waals surface area (Å²) in [5.41, 5.74) is 0.719. The molecular weight excluding hydrogens is 366 g/mol. The quantitative estimate of drug-likeness (QED) is 0.595. The maximum absolute atomic E-state index is 13.1. The zero-order valence-electron chi connectivity index (χ0n) is 12.7. The molecule has 24 heavy (non-hydrogen) atoms. The van der Waals surface area contributed by atoms with E-state index in [0.29, 0.717) is 15.4 Å². The van der Waals surface area contributed by atoms with E-state index in [1.54, 1.807) is 22.7 Å². The first-order valence-corrected chi connectivity index (χ1v) is 9.52. The lowest BCUT2D eigenvalue weighted by Gasteiger charge is -2.25. The topological polar surface area (TPSA) is 53.3 Å². The minimum absolute atomic E-state index is 0.135. The molecule has 0 N–H and O–H groups in total. The summed E-state index contributed by atoms with van der Waals surface area (Å²) in [6.07, 6.45) is 1.71. The van der Waals surface area contributed by atoms with Crippen molar-refractivity contribution in [2.24, 2.45) is 0 Å². The zero-order valence-corrected chi connectivity index (χ0v) is 15.1. The molecule has 2 aromatic rings. The van der Waals surface area contributed by atoms with Gasteiger partial charge < -0.3 is 0 Å². The summed E-state index contributed by atoms with van der Waals surface area (Å²) >= 11 is 8.84. The Morgan fingerprint density at radius 1 is 1.29 bits per heavy atom. The van der Waals surface area contributed by atoms with Gasteiger partial charge in [-0.15, -0.1) is 11.3 Å². The van der Waals surface area contributed by atoms with Crippen molar-refractivity contribution in [1.82, 2.24) is 9.88 Å². The van der Waals surface area contributed by atoms with Gasteiger partial charge in [0.05, 0.1) is 17.7 Å². The van der Waals surface area contributed by atoms with Crippen LogP contribution in [0, 0.1) is 0 Å². The number of fused-ring (bicyclic) bond motifs is 1. The van der Waals surface area contributed by atoms with Gasteiger partial charge in [0.2, 0.25) is 0 Å². The number of aromatic nitrogens is 1. The number of rotatable bonds is 2. The lowest BCUT2D eigenvalue weighted by Crippen LogP contribution is -2.50. The fourth-order valence-corrected chi connectivity index (χ4v) is 5.46. The fourth-order valence-electron chi connectivity index (χ4n) is 3.03. The van der Waals surface area contributed by atoms with Gasteiger partial charge in [0.15, 0.2) is 16.4 Å². The maximum Gasteiger partial charge on any atom is 0.330 e. The molecule has 1 aromatic heterocycles. The Labute approximate surface area is 152 Å². The Morgan fingerprint density at radius 3 is 2.71 bits per heavy atom. The first-order valence-electron chi connectivity index (χ1n) is 7.34. The van der Waals surface area contributed by atoms with Crippen molar-refractivity contribution in [3.63, 3.8) is 0 Å². The maximum atomic E-state index is 13.1. The summed E-state index contributed by atoms with van der Waals surface area (Å²) < 4.78 is 2.05. The Morgan fingerprint density at radius 2 is 2.04 bits per heavy atom. The minimum atomic E-state index is -0.801. The van der Waals surface area contributed by atoms with Crippen molar-refractivity contribution in [2.75, 3.05) is 12.8 Å². The molecule has 0 bridgehead atoms. The number of thiazole rings is 1. The number of benzene rings is 1. The molecule has 1 unspecified atom stereocenters. The van der Waals surface area contributed by atoms with E-state index >= 15 is 0 Å². The number of carbonyl (C=O) groups excluding carboxylic acids is 2. The standard InChI is InChI=1S/C16H13ClN3O2S2/c1-19-13(21)12(9-5-3-2-4-6-9)14(22)20-10(8-23-16(19)20)11-7-18-15(17)24-11/h2-7,10,12H,8H2,1H3/q+1/t10-,12?/m1/s1. The van der Waals surface area contributed by atoms with E-state index in [4.69, 9.17) is 11.6 Å². The summed E-state index contributed by atoms with van der Waals surface area (Å²) in [5, 5.41) is 0.687. The average molecular weight is 379 g/mol. The Hall–Kier alpha value is -1.70. The Balaban J connectivity index is 1.79. The first-order chi connectivity index (χ1) is 11.6. The predicted molar refractivity (Wildman–Crippen MR) is 94.6 cm³/mol. The molecular formula is C16H13ClN3O2S2+. The second kappa shape index (κ2) is 5.98. The van der Waals surface area contributed by atoms with Gasteiger partial charge in [0.1, 0.15) is 0 Å². The number of likely N-dealkylation sites (N-methyl/N-ethyl adjacent to an activating group) is 1. The molecule has 2 aliphatic rings. The molecule has 1 aromatic carbocycles. The third kappa shape index (κ3) is 2.39. The van der Waals surface area contributed by atoms with Crippen molar-refractivity contribution in [3.05, 3.63) is 51.4 Å². The number of thioether (sulfide) groups is 1. The Kier molecular flexibility index (Phi) is 3.94. The summed E-state index contributed by atoms with van der Waals surface area (Å²) in [6.45, 7) is 0. The zero-order chi connectivity index (χ0) is 16.8. The molecule has 0 saturated carbocycles. The molecule has 0 radical (unpaired) electrons. The number of halogens is 1. The van der Waals surface area contributed by atoms with Crippen molar-refractivity contribution in [1.29, 1.82) is 0 Å². The molecule has 2 atom stereocenters. The highest BCUT2D eigenvalue weighted by molar-refractivity contribution is 8.14. The van der Waals surface area contributed by atoms with Crippen molar-refractivity contribution in [2.45, 2.75) is 12.0 Å². The van der Waals surface area contributed by atoms with Crippen LogP contribution in [0.4, 0.5) is 0 Å². The highest BCUT2D eigenvalue weighted by Gasteiger charge is 2.55. The number of amidine groups is 1. The van der Waals surface area contributed by atoms with Crippen LogP contribution < -0.4 is 0 Å². The monoisotopic (exact) mass is 378 g/mol. The minimum Gasteiger partial charge on any atom is -0.245 e. The van der Waals surface area contributed by atoms with Crippen LogP contribution >= 0.6 is 34.7 Å². The van der Waals surface area contributed by atoms with Crippen molar-refractivity contribution < 1.29 is 14.2 Å². The normalized spacial score (nSPS) is 23.8. The van der Waals surface area contributed by atoms with E-state index in [1.807, 2.05) is 30.3 Å². The number of hydrogen-bond donors (Lipinski definition) is 0. The van der Waals surface area contributed by atoms with Gasteiger partial charge in [0.25, 0.3) is 0 Å². The molecule has 122 valence electrons. The molecule has 0 aliphatic carbocycles. The third-order valence-electron chi connectivity index (χ3n) is 4.19. The van der Waals surface area contributed by atoms with Crippen LogP contribution in [0.2, 0.25) is 4.47 Å². The summed E-state index contributed by atoms with van der Waals surface area (Å²) in [4.78, 5) is 32.6. The molecule has 4 rings (SSSR count). The van der Waals surface area contributed by atoms with Crippen LogP contribution in [0.1, 0.15) is 22.4 Å². The largest absolute Gasteiger partial charge is 0.330 e. The Bertz CT molecular complexity index is 865. The van der Waals surface area contributed by atoms with Crippen LogP contribution in [-0.2, 0) is 9.59 Å². The molecule has 8 heteroatoms. The summed E-state index contributed by atoms with van der Waals surface area (Å²) in [7, 11) is 1.72. The van der Waals surface area contributed by atoms with Crippen LogP contribution in [0.15, 0.2) is 36.5 Å². The molecule has 1 fully saturated rings. The SMILES string of the molecule is C[N+]1=C2SC[C@H](c3cnc(Cl)s3)N2C(=O)C(c2ccccc2)C1=O. The van der Waals surface area contributed by atoms with Crippen LogP contribution in [0.5, 0.6) is 0 Å². The van der Waals surface area contributed by atoms with E-state index in [9.17, 15) is 9.59 Å². The first kappa shape index (κ1) is 15.8. The van der Waals surface area contributed by atoms with Gasteiger partial charge >= 0.3 is 17.0 Å². The summed E-state index contributed by atoms with van der Waals surface area (Å²) in [6, 6.07) is 9.06. The molecule has 5 nitrogen and oxygen atoms in total. The van der Waals surface area contributed by atoms with E-state index < -0.39 is 5.92 Å². The van der Waals surface area contributed by atoms with Gasteiger partial charge in [-0.25, -0.2) is 14.6 Å². The predicted octanol–water partition coefficient (Wildman–Crippen LogP) is 2.74. The van der Waals surface area contributed by atoms with Crippen LogP contribution in [0.3, 0.4) is 0 Å². The van der Waals surface area contributed by atoms with Gasteiger partial charge in [-0.1, -0.05) is 41.9 Å². The molecule has 3 heterocycles. The molecule has 1 saturated heterocycles. The van der Waals surface area contributed by atoms with E-state index in [1.165, 1.54) is 23.1 Å². The van der Waals surface area contributed by atoms with Crippen LogP contribution in [0.25, 0.3) is 0 Å². The van der Waals surface area contributed by atoms with Crippen molar-refractivity contribution in [3.8, 4) is 0 Å². The van der Waals surface area contributed by atoms with E-state index in [2.05, 4.69) is 4.98 Å². The van der Waals surface area contributed by atoms with E-state index in [-0.39, 0.29) is 17.9 Å². The molecule has 0 spiro atoms. The van der Waals surface area contributed by atoms with Gasteiger partial charge in [-0.3, -0.25) is 0 Å². The molecule has 2 amide bonds. The molecule has 2 aliphatic heterocycles. The van der Waals surface area contributed by atoms with E-state index in [0.717, 1.165) is 10.4 Å². The lowest BCUT2D eigenvalue weighted by atomic mass is 9.95. The van der Waals surface area contributed by atoms with Gasteiger partial charge in [-0.2, -0.15) is 9.48 Å². The highest BCUT2D eigenvalue weighted by atomic mass is 35.5. The average Bonchev–Trinajstić information content (AvgIpc) is 3.20. The van der Waals surface area contributed by atoms with Crippen LogP contribution in [-0.4, -0.2) is 44.2 Å². The number of nitrogens with zero attached hydrogens (tertiary/aromatic N) is 3. The second-order valence-electron chi connectivity index (χ2n) is 5.57. The number of carbonyl (C=O) groups is 2. The summed E-state index contributed by atoms with van der Waals surface area (Å²) in [5.74, 6) is -0.477. The highest BCUT2D eigenvalue weighted by Crippen LogP contribution is 2.42. The van der Waals surface area contributed by atoms with Gasteiger partial charge in [-0.05, 0) is 17.3 Å². The smallest absolute Gasteiger partial charge is 0.245 e. The fraction of sp³-hybridized carbons (Fsp3) is 0.250.